The van der Waals surface area contributed by atoms with Crippen molar-refractivity contribution in [3.8, 4) is 17.2 Å². The maximum atomic E-state index is 6.22. The average Bonchev–Trinajstić information content (AvgIpc) is 2.69. The summed E-state index contributed by atoms with van der Waals surface area (Å²) in [6.45, 7) is 5.47. The largest absolute Gasteiger partial charge is 0.493 e. The summed E-state index contributed by atoms with van der Waals surface area (Å²) in [6.07, 6.45) is 0.886. The van der Waals surface area contributed by atoms with E-state index in [9.17, 15) is 0 Å². The van der Waals surface area contributed by atoms with Crippen molar-refractivity contribution in [2.45, 2.75) is 26.3 Å². The Labute approximate surface area is 172 Å². The van der Waals surface area contributed by atoms with Crippen molar-refractivity contribution in [3.05, 3.63) is 52.6 Å². The van der Waals surface area contributed by atoms with Gasteiger partial charge in [-0.25, -0.2) is 0 Å². The Hall–Kier alpha value is -2.47. The second-order valence-electron chi connectivity index (χ2n) is 7.05. The molecule has 1 aliphatic rings. The molecule has 5 nitrogen and oxygen atoms in total. The highest BCUT2D eigenvalue weighted by Gasteiger charge is 2.31. The van der Waals surface area contributed by atoms with E-state index in [1.807, 2.05) is 13.1 Å². The number of methoxy groups -OCH3 is 2. The van der Waals surface area contributed by atoms with Crippen molar-refractivity contribution >= 4 is 17.3 Å². The van der Waals surface area contributed by atoms with Crippen LogP contribution in [-0.4, -0.2) is 44.4 Å². The Morgan fingerprint density at radius 1 is 1.07 bits per heavy atom. The van der Waals surface area contributed by atoms with E-state index in [0.717, 1.165) is 40.9 Å². The highest BCUT2D eigenvalue weighted by Crippen LogP contribution is 2.38. The minimum atomic E-state index is -0.00988. The summed E-state index contributed by atoms with van der Waals surface area (Å²) in [5.41, 5.74) is 4.77. The quantitative estimate of drug-likeness (QED) is 0.770. The Morgan fingerprint density at radius 3 is 2.32 bits per heavy atom. The summed E-state index contributed by atoms with van der Waals surface area (Å²) in [7, 11) is 5.18. The number of nitrogens with zero attached hydrogens (tertiary/aromatic N) is 1. The van der Waals surface area contributed by atoms with Gasteiger partial charge in [-0.3, -0.25) is 0 Å². The molecule has 0 aliphatic carbocycles. The van der Waals surface area contributed by atoms with Gasteiger partial charge in [0.15, 0.2) is 16.6 Å². The molecular formula is C22H28N2O3S. The smallest absolute Gasteiger partial charge is 0.169 e. The third-order valence-electron chi connectivity index (χ3n) is 5.08. The molecule has 0 amide bonds. The van der Waals surface area contributed by atoms with Gasteiger partial charge in [-0.15, -0.1) is 0 Å². The van der Waals surface area contributed by atoms with E-state index in [0.29, 0.717) is 6.61 Å². The number of ether oxygens (including phenoxy) is 3. The van der Waals surface area contributed by atoms with Crippen molar-refractivity contribution in [1.82, 2.24) is 10.2 Å². The summed E-state index contributed by atoms with van der Waals surface area (Å²) in [5, 5.41) is 3.83. The molecule has 1 aliphatic heterocycles. The lowest BCUT2D eigenvalue weighted by Crippen LogP contribution is -2.46. The molecule has 0 unspecified atom stereocenters. The Kier molecular flexibility index (Phi) is 6.29. The van der Waals surface area contributed by atoms with Crippen LogP contribution >= 0.6 is 12.2 Å². The van der Waals surface area contributed by atoms with Crippen LogP contribution < -0.4 is 19.5 Å². The highest BCUT2D eigenvalue weighted by atomic mass is 32.1. The fourth-order valence-corrected chi connectivity index (χ4v) is 4.00. The summed E-state index contributed by atoms with van der Waals surface area (Å²) in [6, 6.07) is 10.4. The summed E-state index contributed by atoms with van der Waals surface area (Å²) in [5.74, 6) is 2.34. The van der Waals surface area contributed by atoms with Crippen LogP contribution in [0.4, 0.5) is 0 Å². The summed E-state index contributed by atoms with van der Waals surface area (Å²) in [4.78, 5) is 2.19. The molecule has 6 heteroatoms. The maximum Gasteiger partial charge on any atom is 0.169 e. The van der Waals surface area contributed by atoms with Crippen LogP contribution in [0.15, 0.2) is 30.3 Å². The topological polar surface area (TPSA) is 43.0 Å². The number of fused-ring (bicyclic) bond motifs is 1. The van der Waals surface area contributed by atoms with Crippen LogP contribution in [0.25, 0.3) is 0 Å². The monoisotopic (exact) mass is 400 g/mol. The lowest BCUT2D eigenvalue weighted by Gasteiger charge is -2.39. The molecule has 0 bridgehead atoms. The molecule has 1 atom stereocenters. The van der Waals surface area contributed by atoms with E-state index in [1.54, 1.807) is 14.2 Å². The van der Waals surface area contributed by atoms with Gasteiger partial charge in [-0.2, -0.15) is 0 Å². The number of hydrogen-bond acceptors (Lipinski definition) is 4. The summed E-state index contributed by atoms with van der Waals surface area (Å²) < 4.78 is 17.2. The maximum absolute atomic E-state index is 6.22. The van der Waals surface area contributed by atoms with E-state index in [1.165, 1.54) is 16.7 Å². The molecule has 1 N–H and O–H groups in total. The molecule has 3 rings (SSSR count). The molecule has 1 heterocycles. The van der Waals surface area contributed by atoms with Crippen molar-refractivity contribution in [2.24, 2.45) is 0 Å². The van der Waals surface area contributed by atoms with Crippen LogP contribution in [0.5, 0.6) is 17.2 Å². The number of rotatable bonds is 5. The average molecular weight is 401 g/mol. The second kappa shape index (κ2) is 8.69. The minimum Gasteiger partial charge on any atom is -0.493 e. The molecule has 0 spiro atoms. The first-order chi connectivity index (χ1) is 13.5. The minimum absolute atomic E-state index is 0.00988. The van der Waals surface area contributed by atoms with Crippen molar-refractivity contribution < 1.29 is 14.2 Å². The predicted molar refractivity (Wildman–Crippen MR) is 116 cm³/mol. The molecule has 2 aromatic carbocycles. The van der Waals surface area contributed by atoms with Gasteiger partial charge in [-0.05, 0) is 79.0 Å². The zero-order valence-electron chi connectivity index (χ0n) is 17.2. The molecule has 0 aromatic heterocycles. The summed E-state index contributed by atoms with van der Waals surface area (Å²) >= 11 is 5.57. The van der Waals surface area contributed by atoms with Crippen LogP contribution in [0.3, 0.4) is 0 Å². The van der Waals surface area contributed by atoms with Gasteiger partial charge in [0.2, 0.25) is 0 Å². The van der Waals surface area contributed by atoms with Gasteiger partial charge < -0.3 is 24.4 Å². The fourth-order valence-electron chi connectivity index (χ4n) is 3.79. The highest BCUT2D eigenvalue weighted by molar-refractivity contribution is 7.80. The number of aryl methyl sites for hydroxylation is 2. The van der Waals surface area contributed by atoms with E-state index in [4.69, 9.17) is 26.4 Å². The van der Waals surface area contributed by atoms with Crippen LogP contribution in [0.2, 0.25) is 0 Å². The number of hydrogen-bond donors (Lipinski definition) is 1. The zero-order valence-corrected chi connectivity index (χ0v) is 18.0. The molecule has 2 aromatic rings. The first kappa shape index (κ1) is 20.3. The lowest BCUT2D eigenvalue weighted by atomic mass is 9.92. The van der Waals surface area contributed by atoms with Gasteiger partial charge in [-0.1, -0.05) is 6.07 Å². The van der Waals surface area contributed by atoms with E-state index >= 15 is 0 Å². The van der Waals surface area contributed by atoms with Crippen LogP contribution in [0, 0.1) is 13.8 Å². The predicted octanol–water partition coefficient (Wildman–Crippen LogP) is 3.80. The van der Waals surface area contributed by atoms with Crippen molar-refractivity contribution in [2.75, 3.05) is 34.4 Å². The third kappa shape index (κ3) is 4.17. The first-order valence-corrected chi connectivity index (χ1v) is 9.82. The molecule has 0 radical (unpaired) electrons. The van der Waals surface area contributed by atoms with E-state index < -0.39 is 0 Å². The molecule has 0 saturated carbocycles. The Balaban J connectivity index is 1.95. The second-order valence-corrected chi connectivity index (χ2v) is 7.44. The number of benzene rings is 2. The van der Waals surface area contributed by atoms with Crippen molar-refractivity contribution in [1.29, 1.82) is 0 Å². The lowest BCUT2D eigenvalue weighted by molar-refractivity contribution is 0.187. The van der Waals surface area contributed by atoms with Crippen molar-refractivity contribution in [3.63, 3.8) is 0 Å². The molecule has 0 fully saturated rings. The zero-order chi connectivity index (χ0) is 20.3. The van der Waals surface area contributed by atoms with E-state index in [2.05, 4.69) is 48.3 Å². The van der Waals surface area contributed by atoms with E-state index in [-0.39, 0.29) is 6.04 Å². The van der Waals surface area contributed by atoms with Gasteiger partial charge in [0.05, 0.1) is 20.3 Å². The number of nitrogens with one attached hydrogen (secondary N) is 1. The fraction of sp³-hybridized carbons (Fsp3) is 0.409. The van der Waals surface area contributed by atoms with Gasteiger partial charge >= 0.3 is 0 Å². The normalized spacial score (nSPS) is 15.6. The standard InChI is InChI=1S/C22H28N2O3S/c1-14-8-15(2)10-17(9-14)27-13-19-18-12-21(26-5)20(25-4)11-16(18)6-7-24(19)22(28)23-3/h8-12,19H,6-7,13H2,1-5H3,(H,23,28)/t19-/m1/s1. The third-order valence-corrected chi connectivity index (χ3v) is 5.52. The first-order valence-electron chi connectivity index (χ1n) is 9.41. The van der Waals surface area contributed by atoms with Gasteiger partial charge in [0.1, 0.15) is 12.4 Å². The Morgan fingerprint density at radius 2 is 1.71 bits per heavy atom. The molecular weight excluding hydrogens is 372 g/mol. The van der Waals surface area contributed by atoms with Crippen LogP contribution in [-0.2, 0) is 6.42 Å². The van der Waals surface area contributed by atoms with Gasteiger partial charge in [0.25, 0.3) is 0 Å². The molecule has 0 saturated heterocycles. The molecule has 28 heavy (non-hydrogen) atoms. The number of thiocarbonyl (C=S) groups is 1. The van der Waals surface area contributed by atoms with Crippen LogP contribution in [0.1, 0.15) is 28.3 Å². The van der Waals surface area contributed by atoms with Gasteiger partial charge in [0, 0.05) is 13.6 Å². The Bertz CT molecular complexity index is 849. The SMILES string of the molecule is CNC(=S)N1CCc2cc(OC)c(OC)cc2[C@H]1COc1cc(C)cc(C)c1. The molecule has 150 valence electrons.